The number of nitrogens with one attached hydrogen (secondary N) is 1. The van der Waals surface area contributed by atoms with Crippen molar-refractivity contribution >= 4 is 23.8 Å². The van der Waals surface area contributed by atoms with Crippen molar-refractivity contribution in [1.82, 2.24) is 10.2 Å². The van der Waals surface area contributed by atoms with E-state index in [4.69, 9.17) is 0 Å². The van der Waals surface area contributed by atoms with Gasteiger partial charge >= 0.3 is 12.0 Å². The standard InChI is InChI=1S/C15H26N2O3S/c1-21-15(8-4-5-9-15)11-16-14(20)17-10-6-2-3-7-12(17)13(18)19/h12H,2-11H2,1H3,(H,16,20)(H,18,19). The molecule has 2 aliphatic rings. The summed E-state index contributed by atoms with van der Waals surface area (Å²) in [4.78, 5) is 25.3. The fraction of sp³-hybridized carbons (Fsp3) is 0.867. The highest BCUT2D eigenvalue weighted by molar-refractivity contribution is 8.00. The van der Waals surface area contributed by atoms with Gasteiger partial charge in [0.2, 0.25) is 0 Å². The second-order valence-electron chi connectivity index (χ2n) is 6.15. The van der Waals surface area contributed by atoms with Crippen LogP contribution in [0.1, 0.15) is 51.4 Å². The third-order valence-corrected chi connectivity index (χ3v) is 6.23. The number of carbonyl (C=O) groups excluding carboxylic acids is 1. The summed E-state index contributed by atoms with van der Waals surface area (Å²) in [6, 6.07) is -0.870. The highest BCUT2D eigenvalue weighted by Gasteiger charge is 2.35. The number of aliphatic carboxylic acids is 1. The molecule has 0 radical (unpaired) electrons. The molecule has 0 bridgehead atoms. The van der Waals surface area contributed by atoms with Crippen molar-refractivity contribution in [2.75, 3.05) is 19.3 Å². The lowest BCUT2D eigenvalue weighted by Gasteiger charge is -2.31. The predicted octanol–water partition coefficient (Wildman–Crippen LogP) is 2.70. The first-order valence-electron chi connectivity index (χ1n) is 7.90. The summed E-state index contributed by atoms with van der Waals surface area (Å²) < 4.78 is 0.153. The van der Waals surface area contributed by atoms with E-state index in [1.165, 1.54) is 17.7 Å². The molecule has 6 heteroatoms. The molecule has 1 aliphatic carbocycles. The molecule has 0 spiro atoms. The lowest BCUT2D eigenvalue weighted by atomic mass is 10.1. The van der Waals surface area contributed by atoms with Crippen LogP contribution >= 0.6 is 11.8 Å². The molecule has 120 valence electrons. The Kier molecular flexibility index (Phi) is 5.79. The van der Waals surface area contributed by atoms with Gasteiger partial charge < -0.3 is 15.3 Å². The first kappa shape index (κ1) is 16.5. The van der Waals surface area contributed by atoms with Crippen molar-refractivity contribution < 1.29 is 14.7 Å². The molecule has 1 saturated heterocycles. The second kappa shape index (κ2) is 7.38. The largest absolute Gasteiger partial charge is 0.480 e. The van der Waals surface area contributed by atoms with Gasteiger partial charge in [-0.3, -0.25) is 0 Å². The number of likely N-dealkylation sites (tertiary alicyclic amines) is 1. The number of nitrogens with zero attached hydrogens (tertiary/aromatic N) is 1. The minimum atomic E-state index is -0.882. The number of thioether (sulfide) groups is 1. The molecule has 1 unspecified atom stereocenters. The van der Waals surface area contributed by atoms with Gasteiger partial charge in [0.15, 0.2) is 0 Å². The Morgan fingerprint density at radius 1 is 1.24 bits per heavy atom. The van der Waals surface area contributed by atoms with E-state index in [1.54, 1.807) is 0 Å². The van der Waals surface area contributed by atoms with Crippen molar-refractivity contribution in [3.63, 3.8) is 0 Å². The summed E-state index contributed by atoms with van der Waals surface area (Å²) in [5.41, 5.74) is 0. The van der Waals surface area contributed by atoms with E-state index in [-0.39, 0.29) is 10.8 Å². The van der Waals surface area contributed by atoms with Gasteiger partial charge in [0.1, 0.15) is 6.04 Å². The molecule has 0 aromatic rings. The summed E-state index contributed by atoms with van der Waals surface area (Å²) in [5, 5.41) is 12.3. The number of carboxylic acid groups (broad SMARTS) is 1. The Morgan fingerprint density at radius 3 is 2.57 bits per heavy atom. The Bertz CT molecular complexity index is 383. The Labute approximate surface area is 130 Å². The molecule has 5 nitrogen and oxygen atoms in total. The lowest BCUT2D eigenvalue weighted by Crippen LogP contribution is -2.51. The van der Waals surface area contributed by atoms with E-state index < -0.39 is 12.0 Å². The van der Waals surface area contributed by atoms with Crippen molar-refractivity contribution in [3.05, 3.63) is 0 Å². The Balaban J connectivity index is 1.95. The first-order chi connectivity index (χ1) is 10.1. The van der Waals surface area contributed by atoms with E-state index in [1.807, 2.05) is 11.8 Å². The highest BCUT2D eigenvalue weighted by Crippen LogP contribution is 2.39. The fourth-order valence-electron chi connectivity index (χ4n) is 3.42. The molecular weight excluding hydrogens is 288 g/mol. The predicted molar refractivity (Wildman–Crippen MR) is 84.7 cm³/mol. The van der Waals surface area contributed by atoms with Crippen LogP contribution < -0.4 is 5.32 Å². The van der Waals surface area contributed by atoms with Crippen molar-refractivity contribution in [1.29, 1.82) is 0 Å². The second-order valence-corrected chi connectivity index (χ2v) is 7.42. The van der Waals surface area contributed by atoms with Gasteiger partial charge in [-0.15, -0.1) is 0 Å². The molecule has 21 heavy (non-hydrogen) atoms. The maximum Gasteiger partial charge on any atom is 0.326 e. The normalized spacial score (nSPS) is 25.4. The zero-order valence-electron chi connectivity index (χ0n) is 12.8. The van der Waals surface area contributed by atoms with Gasteiger partial charge in [0, 0.05) is 17.8 Å². The zero-order chi connectivity index (χ0) is 15.3. The molecule has 1 saturated carbocycles. The highest BCUT2D eigenvalue weighted by atomic mass is 32.2. The Hall–Kier alpha value is -0.910. The molecule has 2 amide bonds. The molecule has 1 atom stereocenters. The van der Waals surface area contributed by atoms with Crippen molar-refractivity contribution in [2.45, 2.75) is 62.2 Å². The zero-order valence-corrected chi connectivity index (χ0v) is 13.6. The van der Waals surface area contributed by atoms with Crippen LogP contribution in [0.25, 0.3) is 0 Å². The van der Waals surface area contributed by atoms with Gasteiger partial charge in [-0.2, -0.15) is 11.8 Å². The molecule has 0 aromatic carbocycles. The van der Waals surface area contributed by atoms with E-state index >= 15 is 0 Å². The third kappa shape index (κ3) is 4.05. The topological polar surface area (TPSA) is 69.6 Å². The van der Waals surface area contributed by atoms with Crippen LogP contribution in [-0.4, -0.2) is 52.1 Å². The average Bonchev–Trinajstić information content (AvgIpc) is 2.80. The van der Waals surface area contributed by atoms with E-state index in [2.05, 4.69) is 11.6 Å². The Morgan fingerprint density at radius 2 is 1.95 bits per heavy atom. The number of rotatable bonds is 4. The lowest BCUT2D eigenvalue weighted by molar-refractivity contribution is -0.142. The minimum absolute atomic E-state index is 0.153. The van der Waals surface area contributed by atoms with Gasteiger partial charge in [-0.1, -0.05) is 25.7 Å². The summed E-state index contributed by atoms with van der Waals surface area (Å²) in [6.45, 7) is 1.20. The van der Waals surface area contributed by atoms with Crippen molar-refractivity contribution in [3.8, 4) is 0 Å². The van der Waals surface area contributed by atoms with Gasteiger partial charge in [-0.25, -0.2) is 9.59 Å². The maximum atomic E-state index is 12.4. The van der Waals surface area contributed by atoms with Crippen LogP contribution in [0.2, 0.25) is 0 Å². The average molecular weight is 314 g/mol. The van der Waals surface area contributed by atoms with E-state index in [9.17, 15) is 14.7 Å². The van der Waals surface area contributed by atoms with Crippen LogP contribution in [-0.2, 0) is 4.79 Å². The monoisotopic (exact) mass is 314 g/mol. The fourth-order valence-corrected chi connectivity index (χ4v) is 4.33. The summed E-state index contributed by atoms with van der Waals surface area (Å²) in [5.74, 6) is -0.882. The van der Waals surface area contributed by atoms with Crippen LogP contribution in [0.3, 0.4) is 0 Å². The third-order valence-electron chi connectivity index (χ3n) is 4.81. The molecule has 0 aromatic heterocycles. The summed E-state index contributed by atoms with van der Waals surface area (Å²) in [6.07, 6.45) is 10.2. The number of carbonyl (C=O) groups is 2. The van der Waals surface area contributed by atoms with Crippen LogP contribution in [0.4, 0.5) is 4.79 Å². The quantitative estimate of drug-likeness (QED) is 0.837. The van der Waals surface area contributed by atoms with Crippen molar-refractivity contribution in [2.24, 2.45) is 0 Å². The molecule has 1 heterocycles. The molecule has 2 N–H and O–H groups in total. The molecular formula is C15H26N2O3S. The number of hydrogen-bond donors (Lipinski definition) is 2. The molecule has 1 aliphatic heterocycles. The van der Waals surface area contributed by atoms with Crippen LogP contribution in [0.15, 0.2) is 0 Å². The van der Waals surface area contributed by atoms with Gasteiger partial charge in [0.05, 0.1) is 0 Å². The summed E-state index contributed by atoms with van der Waals surface area (Å²) >= 11 is 1.83. The number of hydrogen-bond acceptors (Lipinski definition) is 3. The van der Waals surface area contributed by atoms with Crippen LogP contribution in [0, 0.1) is 0 Å². The van der Waals surface area contributed by atoms with Gasteiger partial charge in [-0.05, 0) is 31.9 Å². The molecule has 2 rings (SSSR count). The number of urea groups is 1. The maximum absolute atomic E-state index is 12.4. The number of carboxylic acids is 1. The number of amides is 2. The van der Waals surface area contributed by atoms with E-state index in [0.29, 0.717) is 19.5 Å². The SMILES string of the molecule is CSC1(CNC(=O)N2CCCCCC2C(=O)O)CCCC1. The molecule has 2 fully saturated rings. The first-order valence-corrected chi connectivity index (χ1v) is 9.13. The minimum Gasteiger partial charge on any atom is -0.480 e. The van der Waals surface area contributed by atoms with Crippen LogP contribution in [0.5, 0.6) is 0 Å². The van der Waals surface area contributed by atoms with E-state index in [0.717, 1.165) is 32.1 Å². The smallest absolute Gasteiger partial charge is 0.326 e. The van der Waals surface area contributed by atoms with Gasteiger partial charge in [0.25, 0.3) is 0 Å². The summed E-state index contributed by atoms with van der Waals surface area (Å²) in [7, 11) is 0.